The van der Waals surface area contributed by atoms with E-state index in [0.717, 1.165) is 10.0 Å². The minimum Gasteiger partial charge on any atom is -0.493 e. The first-order chi connectivity index (χ1) is 9.58. The van der Waals surface area contributed by atoms with Gasteiger partial charge in [-0.15, -0.1) is 0 Å². The van der Waals surface area contributed by atoms with Crippen molar-refractivity contribution in [2.45, 2.75) is 13.5 Å². The van der Waals surface area contributed by atoms with Crippen LogP contribution in [0.4, 0.5) is 4.79 Å². The lowest BCUT2D eigenvalue weighted by molar-refractivity contribution is 0.249. The molecule has 0 aliphatic rings. The van der Waals surface area contributed by atoms with E-state index in [9.17, 15) is 4.79 Å². The van der Waals surface area contributed by atoms with E-state index in [1.807, 2.05) is 19.1 Å². The summed E-state index contributed by atoms with van der Waals surface area (Å²) in [6, 6.07) is 3.38. The van der Waals surface area contributed by atoms with Gasteiger partial charge in [0.1, 0.15) is 0 Å². The normalized spacial score (nSPS) is 10.2. The number of nitrogens with two attached hydrogens (primary N) is 1. The van der Waals surface area contributed by atoms with Gasteiger partial charge >= 0.3 is 6.03 Å². The van der Waals surface area contributed by atoms with Gasteiger partial charge in [0.25, 0.3) is 0 Å². The largest absolute Gasteiger partial charge is 0.493 e. The van der Waals surface area contributed by atoms with Crippen LogP contribution in [0.2, 0.25) is 0 Å². The summed E-state index contributed by atoms with van der Waals surface area (Å²) in [7, 11) is 1.61. The van der Waals surface area contributed by atoms with Gasteiger partial charge < -0.3 is 25.8 Å². The minimum absolute atomic E-state index is 0.491. The summed E-state index contributed by atoms with van der Waals surface area (Å²) in [4.78, 5) is 10.5. The molecule has 0 saturated heterocycles. The van der Waals surface area contributed by atoms with Gasteiger partial charge in [0.15, 0.2) is 11.5 Å². The standard InChI is InChI=1S/C13H20BrN3O3/c1-3-20-12-10(14)6-9(7-11(12)19-2)8-16-4-5-17-13(15)18/h6-7,16H,3-5,8H2,1-2H3,(H3,15,17,18). The smallest absolute Gasteiger partial charge is 0.312 e. The second kappa shape index (κ2) is 8.65. The van der Waals surface area contributed by atoms with E-state index in [1.54, 1.807) is 7.11 Å². The number of urea groups is 1. The molecule has 0 aromatic heterocycles. The second-order valence-electron chi connectivity index (χ2n) is 4.01. The van der Waals surface area contributed by atoms with Crippen molar-refractivity contribution in [2.24, 2.45) is 5.73 Å². The van der Waals surface area contributed by atoms with Crippen molar-refractivity contribution in [2.75, 3.05) is 26.8 Å². The lowest BCUT2D eigenvalue weighted by Gasteiger charge is -2.13. The van der Waals surface area contributed by atoms with E-state index in [1.165, 1.54) is 0 Å². The van der Waals surface area contributed by atoms with Crippen LogP contribution in [0.1, 0.15) is 12.5 Å². The molecule has 0 heterocycles. The number of nitrogens with one attached hydrogen (secondary N) is 2. The van der Waals surface area contributed by atoms with E-state index in [0.29, 0.717) is 37.7 Å². The molecule has 2 amide bonds. The summed E-state index contributed by atoms with van der Waals surface area (Å²) in [5, 5.41) is 5.71. The minimum atomic E-state index is -0.516. The number of rotatable bonds is 8. The zero-order valence-electron chi connectivity index (χ0n) is 11.7. The molecule has 0 fully saturated rings. The maximum Gasteiger partial charge on any atom is 0.312 e. The molecule has 0 bridgehead atoms. The molecular formula is C13H20BrN3O3. The van der Waals surface area contributed by atoms with E-state index in [-0.39, 0.29) is 0 Å². The van der Waals surface area contributed by atoms with Crippen LogP contribution in [-0.2, 0) is 6.54 Å². The SMILES string of the molecule is CCOc1c(Br)cc(CNCCNC(N)=O)cc1OC. The molecule has 112 valence electrons. The predicted octanol–water partition coefficient (Wildman–Crippen LogP) is 1.61. The van der Waals surface area contributed by atoms with Gasteiger partial charge in [0, 0.05) is 19.6 Å². The van der Waals surface area contributed by atoms with Gasteiger partial charge in [0.2, 0.25) is 0 Å². The summed E-state index contributed by atoms with van der Waals surface area (Å²) in [5.41, 5.74) is 6.03. The summed E-state index contributed by atoms with van der Waals surface area (Å²) in [5.74, 6) is 1.39. The molecule has 0 atom stereocenters. The van der Waals surface area contributed by atoms with E-state index >= 15 is 0 Å². The Labute approximate surface area is 127 Å². The van der Waals surface area contributed by atoms with Crippen molar-refractivity contribution in [1.82, 2.24) is 10.6 Å². The molecule has 4 N–H and O–H groups in total. The van der Waals surface area contributed by atoms with Crippen LogP contribution in [0.15, 0.2) is 16.6 Å². The summed E-state index contributed by atoms with van der Waals surface area (Å²) >= 11 is 3.48. The maximum absolute atomic E-state index is 10.5. The molecule has 0 radical (unpaired) electrons. The van der Waals surface area contributed by atoms with Crippen molar-refractivity contribution in [3.8, 4) is 11.5 Å². The third-order valence-corrected chi connectivity index (χ3v) is 3.10. The number of ether oxygens (including phenoxy) is 2. The topological polar surface area (TPSA) is 85.6 Å². The summed E-state index contributed by atoms with van der Waals surface area (Å²) in [6.45, 7) is 4.28. The Kier molecular flexibility index (Phi) is 7.17. The van der Waals surface area contributed by atoms with Gasteiger partial charge in [-0.05, 0) is 40.5 Å². The Morgan fingerprint density at radius 1 is 1.40 bits per heavy atom. The average molecular weight is 346 g/mol. The Morgan fingerprint density at radius 2 is 2.15 bits per heavy atom. The summed E-state index contributed by atoms with van der Waals surface area (Å²) in [6.07, 6.45) is 0. The number of hydrogen-bond donors (Lipinski definition) is 3. The number of halogens is 1. The number of primary amides is 1. The highest BCUT2D eigenvalue weighted by molar-refractivity contribution is 9.10. The van der Waals surface area contributed by atoms with Crippen LogP contribution in [0.5, 0.6) is 11.5 Å². The average Bonchev–Trinajstić information content (AvgIpc) is 2.40. The number of carbonyl (C=O) groups excluding carboxylic acids is 1. The van der Waals surface area contributed by atoms with Gasteiger partial charge in [0.05, 0.1) is 18.2 Å². The Morgan fingerprint density at radius 3 is 2.75 bits per heavy atom. The van der Waals surface area contributed by atoms with Gasteiger partial charge in [-0.3, -0.25) is 0 Å². The zero-order chi connectivity index (χ0) is 15.0. The van der Waals surface area contributed by atoms with Crippen molar-refractivity contribution in [1.29, 1.82) is 0 Å². The fraction of sp³-hybridized carbons (Fsp3) is 0.462. The Hall–Kier alpha value is -1.47. The number of benzene rings is 1. The van der Waals surface area contributed by atoms with Crippen molar-refractivity contribution < 1.29 is 14.3 Å². The molecule has 0 spiro atoms. The van der Waals surface area contributed by atoms with E-state index in [2.05, 4.69) is 26.6 Å². The fourth-order valence-electron chi connectivity index (χ4n) is 1.67. The first kappa shape index (κ1) is 16.6. The van der Waals surface area contributed by atoms with Crippen LogP contribution in [0.25, 0.3) is 0 Å². The van der Waals surface area contributed by atoms with E-state index in [4.69, 9.17) is 15.2 Å². The summed E-state index contributed by atoms with van der Waals surface area (Å²) < 4.78 is 11.7. The number of carbonyl (C=O) groups is 1. The predicted molar refractivity (Wildman–Crippen MR) is 81.2 cm³/mol. The molecule has 0 saturated carbocycles. The molecule has 20 heavy (non-hydrogen) atoms. The molecule has 1 aromatic carbocycles. The highest BCUT2D eigenvalue weighted by Crippen LogP contribution is 2.36. The molecule has 1 rings (SSSR count). The number of amides is 2. The quantitative estimate of drug-likeness (QED) is 0.625. The monoisotopic (exact) mass is 345 g/mol. The van der Waals surface area contributed by atoms with Crippen molar-refractivity contribution >= 4 is 22.0 Å². The van der Waals surface area contributed by atoms with Crippen LogP contribution >= 0.6 is 15.9 Å². The fourth-order valence-corrected chi connectivity index (χ4v) is 2.27. The molecular weight excluding hydrogens is 326 g/mol. The van der Waals surface area contributed by atoms with Crippen LogP contribution in [-0.4, -0.2) is 32.8 Å². The van der Waals surface area contributed by atoms with Crippen LogP contribution < -0.4 is 25.8 Å². The second-order valence-corrected chi connectivity index (χ2v) is 4.86. The first-order valence-corrected chi connectivity index (χ1v) is 7.11. The molecule has 7 heteroatoms. The lowest BCUT2D eigenvalue weighted by Crippen LogP contribution is -2.35. The molecule has 0 unspecified atom stereocenters. The third-order valence-electron chi connectivity index (χ3n) is 2.51. The Balaban J connectivity index is 2.58. The third kappa shape index (κ3) is 5.26. The lowest BCUT2D eigenvalue weighted by atomic mass is 10.2. The molecule has 0 aliphatic heterocycles. The molecule has 6 nitrogen and oxygen atoms in total. The highest BCUT2D eigenvalue weighted by atomic mass is 79.9. The van der Waals surface area contributed by atoms with Crippen LogP contribution in [0.3, 0.4) is 0 Å². The van der Waals surface area contributed by atoms with Crippen molar-refractivity contribution in [3.05, 3.63) is 22.2 Å². The molecule has 0 aliphatic carbocycles. The molecule has 1 aromatic rings. The highest BCUT2D eigenvalue weighted by Gasteiger charge is 2.10. The number of hydrogen-bond acceptors (Lipinski definition) is 4. The maximum atomic E-state index is 10.5. The first-order valence-electron chi connectivity index (χ1n) is 6.31. The van der Waals surface area contributed by atoms with E-state index < -0.39 is 6.03 Å². The van der Waals surface area contributed by atoms with Crippen molar-refractivity contribution in [3.63, 3.8) is 0 Å². The number of methoxy groups -OCH3 is 1. The van der Waals surface area contributed by atoms with Gasteiger partial charge in [-0.1, -0.05) is 0 Å². The van der Waals surface area contributed by atoms with Gasteiger partial charge in [-0.2, -0.15) is 0 Å². The Bertz CT molecular complexity index is 455. The van der Waals surface area contributed by atoms with Gasteiger partial charge in [-0.25, -0.2) is 4.79 Å². The van der Waals surface area contributed by atoms with Crippen LogP contribution in [0, 0.1) is 0 Å². The zero-order valence-corrected chi connectivity index (χ0v) is 13.2.